The lowest BCUT2D eigenvalue weighted by Crippen LogP contribution is -2.39. The summed E-state index contributed by atoms with van der Waals surface area (Å²) in [5.74, 6) is 0.312. The first-order valence-electron chi connectivity index (χ1n) is 4.49. The molecule has 0 saturated carbocycles. The third-order valence-electron chi connectivity index (χ3n) is 2.11. The Labute approximate surface area is 96.1 Å². The van der Waals surface area contributed by atoms with Gasteiger partial charge in [0.05, 0.1) is 7.11 Å². The molecule has 0 radical (unpaired) electrons. The van der Waals surface area contributed by atoms with Crippen LogP contribution in [-0.2, 0) is 6.42 Å². The summed E-state index contributed by atoms with van der Waals surface area (Å²) in [5, 5.41) is 0.404. The van der Waals surface area contributed by atoms with Gasteiger partial charge in [0.15, 0.2) is 0 Å². The quantitative estimate of drug-likeness (QED) is 0.899. The van der Waals surface area contributed by atoms with Crippen LogP contribution >= 0.6 is 11.6 Å². The van der Waals surface area contributed by atoms with Crippen molar-refractivity contribution in [2.45, 2.75) is 18.6 Å². The number of nitrogens with two attached hydrogens (primary N) is 1. The molecule has 16 heavy (non-hydrogen) atoms. The molecule has 2 nitrogen and oxygen atoms in total. The van der Waals surface area contributed by atoms with Crippen LogP contribution in [0.15, 0.2) is 18.2 Å². The van der Waals surface area contributed by atoms with E-state index in [2.05, 4.69) is 0 Å². The average Bonchev–Trinajstić information content (AvgIpc) is 2.19. The number of alkyl halides is 3. The molecule has 0 saturated heterocycles. The second-order valence-electron chi connectivity index (χ2n) is 3.31. The van der Waals surface area contributed by atoms with E-state index in [1.54, 1.807) is 0 Å². The Kier molecular flexibility index (Phi) is 4.04. The Hall–Kier alpha value is -0.940. The predicted molar refractivity (Wildman–Crippen MR) is 55.7 cm³/mol. The van der Waals surface area contributed by atoms with Gasteiger partial charge in [-0.1, -0.05) is 17.7 Å². The molecule has 90 valence electrons. The topological polar surface area (TPSA) is 35.2 Å². The average molecular weight is 254 g/mol. The third-order valence-corrected chi connectivity index (χ3v) is 2.34. The Bertz CT molecular complexity index is 368. The minimum Gasteiger partial charge on any atom is -0.496 e. The molecule has 6 heteroatoms. The van der Waals surface area contributed by atoms with Crippen LogP contribution in [0.3, 0.4) is 0 Å². The molecule has 1 atom stereocenters. The van der Waals surface area contributed by atoms with Gasteiger partial charge in [-0.05, 0) is 24.1 Å². The molecule has 1 aromatic carbocycles. The van der Waals surface area contributed by atoms with Crippen LogP contribution < -0.4 is 10.5 Å². The monoisotopic (exact) mass is 253 g/mol. The second kappa shape index (κ2) is 4.93. The van der Waals surface area contributed by atoms with Gasteiger partial charge in [0, 0.05) is 5.02 Å². The van der Waals surface area contributed by atoms with Gasteiger partial charge in [0.2, 0.25) is 0 Å². The Morgan fingerprint density at radius 2 is 2.06 bits per heavy atom. The molecule has 0 bridgehead atoms. The van der Waals surface area contributed by atoms with Gasteiger partial charge in [-0.25, -0.2) is 0 Å². The first-order valence-corrected chi connectivity index (χ1v) is 4.87. The van der Waals surface area contributed by atoms with Crippen LogP contribution in [0, 0.1) is 0 Å². The number of hydrogen-bond donors (Lipinski definition) is 1. The lowest BCUT2D eigenvalue weighted by Gasteiger charge is -2.17. The smallest absolute Gasteiger partial charge is 0.403 e. The highest BCUT2D eigenvalue weighted by Crippen LogP contribution is 2.27. The summed E-state index contributed by atoms with van der Waals surface area (Å²) in [4.78, 5) is 0. The van der Waals surface area contributed by atoms with Crippen LogP contribution in [0.1, 0.15) is 5.56 Å². The minimum absolute atomic E-state index is 0.312. The molecule has 0 aliphatic heterocycles. The van der Waals surface area contributed by atoms with E-state index in [0.717, 1.165) is 0 Å². The molecule has 1 unspecified atom stereocenters. The van der Waals surface area contributed by atoms with Crippen molar-refractivity contribution < 1.29 is 17.9 Å². The minimum atomic E-state index is -4.41. The van der Waals surface area contributed by atoms with Crippen molar-refractivity contribution in [2.75, 3.05) is 7.11 Å². The van der Waals surface area contributed by atoms with E-state index in [-0.39, 0.29) is 6.42 Å². The summed E-state index contributed by atoms with van der Waals surface area (Å²) in [6.45, 7) is 0. The first kappa shape index (κ1) is 13.1. The molecular weight excluding hydrogens is 243 g/mol. The molecule has 0 aromatic heterocycles. The number of hydrogen-bond acceptors (Lipinski definition) is 2. The molecule has 0 fully saturated rings. The molecule has 0 aliphatic rings. The predicted octanol–water partition coefficient (Wildman–Crippen LogP) is 2.78. The zero-order valence-electron chi connectivity index (χ0n) is 8.51. The molecule has 0 amide bonds. The van der Waals surface area contributed by atoms with Gasteiger partial charge in [-0.15, -0.1) is 0 Å². The van der Waals surface area contributed by atoms with Gasteiger partial charge >= 0.3 is 6.18 Å². The van der Waals surface area contributed by atoms with Crippen molar-refractivity contribution in [2.24, 2.45) is 5.73 Å². The largest absolute Gasteiger partial charge is 0.496 e. The van der Waals surface area contributed by atoms with Crippen molar-refractivity contribution in [3.8, 4) is 5.75 Å². The molecule has 1 rings (SSSR count). The van der Waals surface area contributed by atoms with Crippen LogP contribution in [0.25, 0.3) is 0 Å². The fourth-order valence-corrected chi connectivity index (χ4v) is 1.40. The summed E-state index contributed by atoms with van der Waals surface area (Å²) in [7, 11) is 1.37. The molecule has 0 heterocycles. The molecule has 0 aliphatic carbocycles. The van der Waals surface area contributed by atoms with Gasteiger partial charge in [-0.3, -0.25) is 0 Å². The molecular formula is C10H11ClF3NO. The van der Waals surface area contributed by atoms with E-state index >= 15 is 0 Å². The van der Waals surface area contributed by atoms with Crippen LogP contribution in [-0.4, -0.2) is 19.3 Å². The SMILES string of the molecule is COc1cc(Cl)ccc1CC(N)C(F)(F)F. The summed E-state index contributed by atoms with van der Waals surface area (Å²) in [6.07, 6.45) is -4.74. The van der Waals surface area contributed by atoms with Crippen molar-refractivity contribution in [3.63, 3.8) is 0 Å². The van der Waals surface area contributed by atoms with Crippen LogP contribution in [0.5, 0.6) is 5.75 Å². The van der Waals surface area contributed by atoms with E-state index in [1.165, 1.54) is 25.3 Å². The fraction of sp³-hybridized carbons (Fsp3) is 0.400. The van der Waals surface area contributed by atoms with Crippen molar-refractivity contribution in [1.82, 2.24) is 0 Å². The highest BCUT2D eigenvalue weighted by molar-refractivity contribution is 6.30. The first-order chi connectivity index (χ1) is 7.34. The third kappa shape index (κ3) is 3.28. The van der Waals surface area contributed by atoms with E-state index in [0.29, 0.717) is 16.3 Å². The Balaban J connectivity index is 2.89. The molecule has 0 spiro atoms. The zero-order chi connectivity index (χ0) is 12.3. The van der Waals surface area contributed by atoms with E-state index < -0.39 is 12.2 Å². The van der Waals surface area contributed by atoms with E-state index in [1.807, 2.05) is 0 Å². The zero-order valence-corrected chi connectivity index (χ0v) is 9.27. The summed E-state index contributed by atoms with van der Waals surface area (Å²) in [5.41, 5.74) is 5.42. The Morgan fingerprint density at radius 1 is 1.44 bits per heavy atom. The number of ether oxygens (including phenoxy) is 1. The summed E-state index contributed by atoms with van der Waals surface area (Å²) >= 11 is 5.69. The summed E-state index contributed by atoms with van der Waals surface area (Å²) in [6, 6.07) is 2.54. The lowest BCUT2D eigenvalue weighted by molar-refractivity contribution is -0.147. The van der Waals surface area contributed by atoms with Gasteiger partial charge in [0.25, 0.3) is 0 Å². The van der Waals surface area contributed by atoms with Gasteiger partial charge < -0.3 is 10.5 Å². The standard InChI is InChI=1S/C10H11ClF3NO/c1-16-8-5-7(11)3-2-6(8)4-9(15)10(12,13)14/h2-3,5,9H,4,15H2,1H3. The number of benzene rings is 1. The number of halogens is 4. The van der Waals surface area contributed by atoms with Crippen molar-refractivity contribution in [3.05, 3.63) is 28.8 Å². The maximum Gasteiger partial charge on any atom is 0.403 e. The maximum atomic E-state index is 12.3. The fourth-order valence-electron chi connectivity index (χ4n) is 1.24. The van der Waals surface area contributed by atoms with Crippen molar-refractivity contribution >= 4 is 11.6 Å². The lowest BCUT2D eigenvalue weighted by atomic mass is 10.1. The number of methoxy groups -OCH3 is 1. The van der Waals surface area contributed by atoms with Gasteiger partial charge in [-0.2, -0.15) is 13.2 Å². The van der Waals surface area contributed by atoms with Crippen LogP contribution in [0.2, 0.25) is 5.02 Å². The van der Waals surface area contributed by atoms with E-state index in [4.69, 9.17) is 22.1 Å². The highest BCUT2D eigenvalue weighted by atomic mass is 35.5. The maximum absolute atomic E-state index is 12.3. The molecule has 2 N–H and O–H groups in total. The highest BCUT2D eigenvalue weighted by Gasteiger charge is 2.36. The normalized spacial score (nSPS) is 13.6. The second-order valence-corrected chi connectivity index (χ2v) is 3.74. The summed E-state index contributed by atoms with van der Waals surface area (Å²) < 4.78 is 41.7. The molecule has 1 aromatic rings. The van der Waals surface area contributed by atoms with E-state index in [9.17, 15) is 13.2 Å². The van der Waals surface area contributed by atoms with Gasteiger partial charge in [0.1, 0.15) is 11.8 Å². The van der Waals surface area contributed by atoms with Crippen LogP contribution in [0.4, 0.5) is 13.2 Å². The van der Waals surface area contributed by atoms with Crippen molar-refractivity contribution in [1.29, 1.82) is 0 Å². The number of rotatable bonds is 3. The Morgan fingerprint density at radius 3 is 2.56 bits per heavy atom.